The number of ether oxygens (including phenoxy) is 2. The quantitative estimate of drug-likeness (QED) is 0.253. The van der Waals surface area contributed by atoms with Gasteiger partial charge in [-0.25, -0.2) is 8.42 Å². The number of alkyl halides is 1. The van der Waals surface area contributed by atoms with Crippen LogP contribution in [0.5, 0.6) is 0 Å². The second-order valence-electron chi connectivity index (χ2n) is 7.68. The summed E-state index contributed by atoms with van der Waals surface area (Å²) in [4.78, 5) is 22.9. The molecule has 0 aliphatic carbocycles. The molecule has 4 atom stereocenters. The molecule has 0 spiro atoms. The molecule has 0 N–H and O–H groups in total. The number of carbonyl (C=O) groups excluding carboxylic acids is 1. The van der Waals surface area contributed by atoms with Gasteiger partial charge in [-0.05, 0) is 31.5 Å². The molecule has 9 nitrogen and oxygen atoms in total. The average Bonchev–Trinajstić information content (AvgIpc) is 2.87. The van der Waals surface area contributed by atoms with Gasteiger partial charge in [0.25, 0.3) is 5.69 Å². The summed E-state index contributed by atoms with van der Waals surface area (Å²) in [6, 6.07) is 12.5. The highest BCUT2D eigenvalue weighted by molar-refractivity contribution is 9.10. The van der Waals surface area contributed by atoms with Crippen molar-refractivity contribution in [2.24, 2.45) is 0 Å². The molecule has 1 aliphatic heterocycles. The van der Waals surface area contributed by atoms with Crippen molar-refractivity contribution >= 4 is 37.6 Å². The molecule has 1 heterocycles. The Kier molecular flexibility index (Phi) is 7.03. The molecular weight excluding hydrogens is 504 g/mol. The molecule has 0 bridgehead atoms. The zero-order chi connectivity index (χ0) is 23.7. The first-order valence-electron chi connectivity index (χ1n) is 9.72. The number of hydrogen-bond acceptors (Lipinski definition) is 7. The third-order valence-electron chi connectivity index (χ3n) is 5.32. The zero-order valence-corrected chi connectivity index (χ0v) is 20.1. The summed E-state index contributed by atoms with van der Waals surface area (Å²) in [7, 11) is -3.06. The topological polar surface area (TPSA) is 116 Å². The number of halogens is 1. The largest absolute Gasteiger partial charge is 0.468 e. The van der Waals surface area contributed by atoms with Gasteiger partial charge in [-0.1, -0.05) is 46.3 Å². The molecule has 11 heteroatoms. The first-order chi connectivity index (χ1) is 15.0. The second-order valence-corrected chi connectivity index (χ2v) is 11.4. The molecular formula is C21H23BrN2O7S. The Morgan fingerprint density at radius 3 is 2.34 bits per heavy atom. The molecule has 0 saturated carbocycles. The molecule has 1 fully saturated rings. The van der Waals surface area contributed by atoms with Gasteiger partial charge in [-0.3, -0.25) is 14.9 Å². The first-order valence-corrected chi connectivity index (χ1v) is 12.0. The maximum absolute atomic E-state index is 13.6. The molecule has 1 saturated heterocycles. The van der Waals surface area contributed by atoms with Crippen LogP contribution in [0.15, 0.2) is 59.5 Å². The molecule has 32 heavy (non-hydrogen) atoms. The van der Waals surface area contributed by atoms with E-state index in [9.17, 15) is 23.3 Å². The third kappa shape index (κ3) is 4.70. The molecule has 0 unspecified atom stereocenters. The lowest BCUT2D eigenvalue weighted by Gasteiger charge is -2.33. The van der Waals surface area contributed by atoms with E-state index >= 15 is 0 Å². The van der Waals surface area contributed by atoms with E-state index in [1.807, 2.05) is 30.3 Å². The number of nitro groups is 1. The van der Waals surface area contributed by atoms with Gasteiger partial charge in [-0.2, -0.15) is 4.31 Å². The Hall–Kier alpha value is -2.34. The van der Waals surface area contributed by atoms with E-state index in [4.69, 9.17) is 9.47 Å². The number of methoxy groups -OCH3 is 1. The van der Waals surface area contributed by atoms with Crippen molar-refractivity contribution in [2.75, 3.05) is 13.7 Å². The summed E-state index contributed by atoms with van der Waals surface area (Å²) >= 11 is 3.64. The molecule has 3 rings (SSSR count). The maximum atomic E-state index is 13.6. The number of hydrogen-bond donors (Lipinski definition) is 0. The van der Waals surface area contributed by atoms with Crippen LogP contribution < -0.4 is 0 Å². The van der Waals surface area contributed by atoms with Crippen LogP contribution in [0.4, 0.5) is 5.69 Å². The average molecular weight is 527 g/mol. The molecule has 0 aromatic heterocycles. The fraction of sp³-hybridized carbons (Fsp3) is 0.381. The van der Waals surface area contributed by atoms with Crippen molar-refractivity contribution in [3.63, 3.8) is 0 Å². The van der Waals surface area contributed by atoms with Crippen LogP contribution >= 0.6 is 15.9 Å². The SMILES string of the molecule is COC(=O)[C@@H]1[C@@H](C)O[C@@H](c2ccccc2)[C@](C)(Br)CN1S(=O)(=O)c1ccc([N+](=O)[O-])cc1. The molecule has 172 valence electrons. The minimum atomic E-state index is -4.24. The van der Waals surface area contributed by atoms with E-state index in [0.29, 0.717) is 0 Å². The van der Waals surface area contributed by atoms with Crippen LogP contribution in [0.25, 0.3) is 0 Å². The van der Waals surface area contributed by atoms with Crippen molar-refractivity contribution in [1.82, 2.24) is 4.31 Å². The molecule has 2 aromatic rings. The van der Waals surface area contributed by atoms with Gasteiger partial charge in [0.1, 0.15) is 6.04 Å². The highest BCUT2D eigenvalue weighted by atomic mass is 79.9. The predicted molar refractivity (Wildman–Crippen MR) is 120 cm³/mol. The summed E-state index contributed by atoms with van der Waals surface area (Å²) in [5.41, 5.74) is 0.576. The number of carbonyl (C=O) groups is 1. The Labute approximate surface area is 194 Å². The molecule has 0 radical (unpaired) electrons. The number of nitro benzene ring substituents is 1. The van der Waals surface area contributed by atoms with Crippen molar-refractivity contribution < 1.29 is 27.6 Å². The van der Waals surface area contributed by atoms with E-state index in [0.717, 1.165) is 34.1 Å². The standard InChI is InChI=1S/C21H23BrN2O7S/c1-14-18(20(25)30-3)23(32(28,29)17-11-9-16(10-12-17)24(26)27)13-21(2,22)19(31-14)15-7-5-4-6-8-15/h4-12,14,18-19H,13H2,1-3H3/t14-,18+,19+,21-/m1/s1. The second kappa shape index (κ2) is 9.26. The predicted octanol–water partition coefficient (Wildman–Crippen LogP) is 3.44. The lowest BCUT2D eigenvalue weighted by Crippen LogP contribution is -2.52. The Bertz CT molecular complexity index is 1090. The van der Waals surface area contributed by atoms with Crippen LogP contribution in [-0.2, 0) is 24.3 Å². The summed E-state index contributed by atoms with van der Waals surface area (Å²) in [5, 5.41) is 11.0. The highest BCUT2D eigenvalue weighted by Crippen LogP contribution is 2.43. The lowest BCUT2D eigenvalue weighted by atomic mass is 9.97. The normalized spacial score (nSPS) is 26.8. The molecule has 0 amide bonds. The third-order valence-corrected chi connectivity index (χ3v) is 7.82. The summed E-state index contributed by atoms with van der Waals surface area (Å²) in [5.74, 6) is -0.764. The number of rotatable bonds is 5. The number of nitrogens with zero attached hydrogens (tertiary/aromatic N) is 2. The number of sulfonamides is 1. The van der Waals surface area contributed by atoms with E-state index in [-0.39, 0.29) is 17.1 Å². The van der Waals surface area contributed by atoms with Crippen LogP contribution in [0, 0.1) is 10.1 Å². The van der Waals surface area contributed by atoms with Crippen LogP contribution in [0.3, 0.4) is 0 Å². The first kappa shape index (κ1) is 24.3. The lowest BCUT2D eigenvalue weighted by molar-refractivity contribution is -0.384. The minimum Gasteiger partial charge on any atom is -0.468 e. The molecule has 1 aliphatic rings. The Morgan fingerprint density at radius 2 is 1.81 bits per heavy atom. The zero-order valence-electron chi connectivity index (χ0n) is 17.7. The van der Waals surface area contributed by atoms with Gasteiger partial charge in [-0.15, -0.1) is 0 Å². The van der Waals surface area contributed by atoms with Gasteiger partial charge in [0.05, 0.1) is 33.5 Å². The fourth-order valence-electron chi connectivity index (χ4n) is 3.74. The van der Waals surface area contributed by atoms with Crippen molar-refractivity contribution in [3.05, 3.63) is 70.3 Å². The van der Waals surface area contributed by atoms with Crippen LogP contribution in [-0.4, -0.2) is 53.7 Å². The van der Waals surface area contributed by atoms with Gasteiger partial charge in [0.15, 0.2) is 0 Å². The van der Waals surface area contributed by atoms with Gasteiger partial charge in [0, 0.05) is 18.7 Å². The Balaban J connectivity index is 2.10. The van der Waals surface area contributed by atoms with E-state index in [2.05, 4.69) is 15.9 Å². The number of benzene rings is 2. The van der Waals surface area contributed by atoms with Crippen molar-refractivity contribution in [2.45, 2.75) is 41.3 Å². The van der Waals surface area contributed by atoms with Gasteiger partial charge in [0.2, 0.25) is 10.0 Å². The van der Waals surface area contributed by atoms with E-state index < -0.39 is 43.5 Å². The molecule has 2 aromatic carbocycles. The summed E-state index contributed by atoms with van der Waals surface area (Å²) < 4.78 is 38.5. The van der Waals surface area contributed by atoms with Crippen LogP contribution in [0.1, 0.15) is 25.5 Å². The summed E-state index contributed by atoms with van der Waals surface area (Å²) in [6.07, 6.45) is -1.41. The minimum absolute atomic E-state index is 0.115. The maximum Gasteiger partial charge on any atom is 0.326 e. The van der Waals surface area contributed by atoms with E-state index in [1.54, 1.807) is 13.8 Å². The summed E-state index contributed by atoms with van der Waals surface area (Å²) in [6.45, 7) is 3.29. The number of esters is 1. The van der Waals surface area contributed by atoms with Gasteiger partial charge >= 0.3 is 5.97 Å². The van der Waals surface area contributed by atoms with Gasteiger partial charge < -0.3 is 9.47 Å². The van der Waals surface area contributed by atoms with Crippen LogP contribution in [0.2, 0.25) is 0 Å². The monoisotopic (exact) mass is 526 g/mol. The fourth-order valence-corrected chi connectivity index (χ4v) is 6.30. The smallest absolute Gasteiger partial charge is 0.326 e. The Morgan fingerprint density at radius 1 is 1.22 bits per heavy atom. The van der Waals surface area contributed by atoms with Crippen molar-refractivity contribution in [3.8, 4) is 0 Å². The van der Waals surface area contributed by atoms with Crippen molar-refractivity contribution in [1.29, 1.82) is 0 Å². The number of non-ortho nitro benzene ring substituents is 1. The van der Waals surface area contributed by atoms with E-state index in [1.165, 1.54) is 7.11 Å². The highest BCUT2D eigenvalue weighted by Gasteiger charge is 2.50.